The SMILES string of the molecule is CC(=O)N1CCc2c(c(N3CCCc4cc(-c5cnn(C)c5)c(C(F)F)cc43)nn2C2CCC(C(=O)O)CC2)C1. The Hall–Kier alpha value is -3.76. The van der Waals surface area contributed by atoms with Gasteiger partial charge in [-0.05, 0) is 61.8 Å². The molecule has 0 saturated heterocycles. The number of benzene rings is 1. The minimum Gasteiger partial charge on any atom is -0.481 e. The highest BCUT2D eigenvalue weighted by Crippen LogP contribution is 2.44. The molecule has 1 N–H and O–H groups in total. The van der Waals surface area contributed by atoms with Crippen molar-refractivity contribution in [3.8, 4) is 11.1 Å². The Bertz CT molecular complexity index is 1460. The number of carboxylic acid groups (broad SMARTS) is 1. The van der Waals surface area contributed by atoms with Gasteiger partial charge in [-0.1, -0.05) is 0 Å². The molecule has 11 heteroatoms. The zero-order valence-electron chi connectivity index (χ0n) is 22.8. The summed E-state index contributed by atoms with van der Waals surface area (Å²) in [4.78, 5) is 27.7. The van der Waals surface area contributed by atoms with Gasteiger partial charge in [0.2, 0.25) is 5.91 Å². The zero-order valence-corrected chi connectivity index (χ0v) is 22.8. The van der Waals surface area contributed by atoms with Crippen molar-refractivity contribution in [3.63, 3.8) is 0 Å². The van der Waals surface area contributed by atoms with E-state index < -0.39 is 12.4 Å². The lowest BCUT2D eigenvalue weighted by atomic mass is 9.86. The summed E-state index contributed by atoms with van der Waals surface area (Å²) in [5, 5.41) is 18.8. The Morgan fingerprint density at radius 3 is 2.52 bits per heavy atom. The predicted octanol–water partition coefficient (Wildman–Crippen LogP) is 5.03. The highest BCUT2D eigenvalue weighted by atomic mass is 19.3. The molecule has 0 spiro atoms. The van der Waals surface area contributed by atoms with E-state index in [-0.39, 0.29) is 23.4 Å². The van der Waals surface area contributed by atoms with E-state index in [2.05, 4.69) is 14.7 Å². The van der Waals surface area contributed by atoms with Crippen molar-refractivity contribution in [2.24, 2.45) is 13.0 Å². The number of hydrogen-bond donors (Lipinski definition) is 1. The lowest BCUT2D eigenvalue weighted by Crippen LogP contribution is -2.36. The molecule has 40 heavy (non-hydrogen) atoms. The number of carbonyl (C=O) groups excluding carboxylic acids is 1. The van der Waals surface area contributed by atoms with Crippen molar-refractivity contribution in [1.29, 1.82) is 0 Å². The molecule has 9 nitrogen and oxygen atoms in total. The Labute approximate surface area is 231 Å². The molecule has 1 saturated carbocycles. The van der Waals surface area contributed by atoms with Gasteiger partial charge in [0.1, 0.15) is 0 Å². The average Bonchev–Trinajstić information content (AvgIpc) is 3.55. The molecule has 3 aromatic rings. The number of hydrogen-bond acceptors (Lipinski definition) is 5. The zero-order chi connectivity index (χ0) is 28.1. The van der Waals surface area contributed by atoms with Crippen LogP contribution in [0.3, 0.4) is 0 Å². The van der Waals surface area contributed by atoms with Crippen LogP contribution < -0.4 is 4.90 Å². The fraction of sp³-hybridized carbons (Fsp3) is 0.517. The van der Waals surface area contributed by atoms with E-state index in [1.807, 2.05) is 6.07 Å². The molecule has 0 bridgehead atoms. The molecule has 212 valence electrons. The van der Waals surface area contributed by atoms with E-state index in [9.17, 15) is 23.5 Å². The summed E-state index contributed by atoms with van der Waals surface area (Å²) >= 11 is 0. The van der Waals surface area contributed by atoms with Crippen molar-refractivity contribution in [1.82, 2.24) is 24.5 Å². The molecule has 0 radical (unpaired) electrons. The fourth-order valence-corrected chi connectivity index (χ4v) is 6.64. The number of alkyl halides is 2. The molecule has 1 aliphatic carbocycles. The van der Waals surface area contributed by atoms with E-state index in [0.717, 1.165) is 54.0 Å². The van der Waals surface area contributed by atoms with Gasteiger partial charge in [-0.15, -0.1) is 0 Å². The summed E-state index contributed by atoms with van der Waals surface area (Å²) in [5.74, 6) is -0.363. The first-order chi connectivity index (χ1) is 19.2. The third-order valence-corrected chi connectivity index (χ3v) is 8.78. The topological polar surface area (TPSA) is 96.5 Å². The van der Waals surface area contributed by atoms with Crippen LogP contribution in [0.15, 0.2) is 24.5 Å². The third-order valence-electron chi connectivity index (χ3n) is 8.78. The van der Waals surface area contributed by atoms with Crippen LogP contribution in [0.5, 0.6) is 0 Å². The Morgan fingerprint density at radius 2 is 1.88 bits per heavy atom. The van der Waals surface area contributed by atoms with E-state index in [1.165, 1.54) is 0 Å². The van der Waals surface area contributed by atoms with Crippen molar-refractivity contribution in [3.05, 3.63) is 46.9 Å². The van der Waals surface area contributed by atoms with Gasteiger partial charge in [-0.25, -0.2) is 8.78 Å². The quantitative estimate of drug-likeness (QED) is 0.477. The van der Waals surface area contributed by atoms with Crippen molar-refractivity contribution in [2.75, 3.05) is 18.0 Å². The Morgan fingerprint density at radius 1 is 1.10 bits per heavy atom. The number of fused-ring (bicyclic) bond motifs is 2. The maximum atomic E-state index is 14.4. The van der Waals surface area contributed by atoms with Crippen LogP contribution >= 0.6 is 0 Å². The summed E-state index contributed by atoms with van der Waals surface area (Å²) in [6, 6.07) is 3.56. The number of anilines is 2. The van der Waals surface area contributed by atoms with Crippen molar-refractivity contribution >= 4 is 23.4 Å². The summed E-state index contributed by atoms with van der Waals surface area (Å²) < 4.78 is 32.5. The second kappa shape index (κ2) is 10.3. The first-order valence-electron chi connectivity index (χ1n) is 14.0. The van der Waals surface area contributed by atoms with Crippen LogP contribution in [0, 0.1) is 5.92 Å². The number of aromatic nitrogens is 4. The average molecular weight is 553 g/mol. The summed E-state index contributed by atoms with van der Waals surface area (Å²) in [5.41, 5.74) is 4.87. The highest BCUT2D eigenvalue weighted by molar-refractivity contribution is 5.78. The van der Waals surface area contributed by atoms with Crippen LogP contribution in [0.2, 0.25) is 0 Å². The number of carboxylic acids is 1. The number of carbonyl (C=O) groups is 2. The summed E-state index contributed by atoms with van der Waals surface area (Å²) in [6.07, 6.45) is 5.62. The van der Waals surface area contributed by atoms with Gasteiger partial charge in [-0.3, -0.25) is 19.0 Å². The number of rotatable bonds is 5. The van der Waals surface area contributed by atoms with Gasteiger partial charge in [0, 0.05) is 67.8 Å². The second-order valence-electron chi connectivity index (χ2n) is 11.3. The molecule has 1 amide bonds. The largest absolute Gasteiger partial charge is 0.481 e. The normalized spacial score (nSPS) is 20.9. The predicted molar refractivity (Wildman–Crippen MR) is 145 cm³/mol. The molecule has 1 fully saturated rings. The molecule has 4 heterocycles. The molecular formula is C29H34F2N6O3. The van der Waals surface area contributed by atoms with Gasteiger partial charge in [0.25, 0.3) is 6.43 Å². The summed E-state index contributed by atoms with van der Waals surface area (Å²) in [6.45, 7) is 3.22. The van der Waals surface area contributed by atoms with Crippen LogP contribution in [0.1, 0.15) is 73.9 Å². The molecule has 6 rings (SSSR count). The van der Waals surface area contributed by atoms with E-state index in [4.69, 9.17) is 5.10 Å². The van der Waals surface area contributed by atoms with Crippen LogP contribution in [-0.2, 0) is 36.0 Å². The monoisotopic (exact) mass is 552 g/mol. The molecule has 0 unspecified atom stereocenters. The van der Waals surface area contributed by atoms with Crippen LogP contribution in [0.4, 0.5) is 20.3 Å². The lowest BCUT2D eigenvalue weighted by molar-refractivity contribution is -0.143. The first kappa shape index (κ1) is 26.5. The van der Waals surface area contributed by atoms with Gasteiger partial charge in [0.05, 0.1) is 24.7 Å². The molecular weight excluding hydrogens is 518 g/mol. The van der Waals surface area contributed by atoms with Gasteiger partial charge in [-0.2, -0.15) is 10.2 Å². The Balaban J connectivity index is 1.43. The van der Waals surface area contributed by atoms with E-state index in [1.54, 1.807) is 42.0 Å². The highest BCUT2D eigenvalue weighted by Gasteiger charge is 2.35. The third kappa shape index (κ3) is 4.65. The molecule has 2 aromatic heterocycles. The van der Waals surface area contributed by atoms with Crippen LogP contribution in [0.25, 0.3) is 11.1 Å². The summed E-state index contributed by atoms with van der Waals surface area (Å²) in [7, 11) is 1.77. The van der Waals surface area contributed by atoms with E-state index in [0.29, 0.717) is 50.0 Å². The van der Waals surface area contributed by atoms with Crippen molar-refractivity contribution in [2.45, 2.75) is 70.9 Å². The molecule has 0 atom stereocenters. The molecule has 1 aromatic carbocycles. The van der Waals surface area contributed by atoms with Crippen LogP contribution in [-0.4, -0.2) is 54.5 Å². The number of nitrogens with zero attached hydrogens (tertiary/aromatic N) is 6. The lowest BCUT2D eigenvalue weighted by Gasteiger charge is -2.33. The Kier molecular flexibility index (Phi) is 6.83. The van der Waals surface area contributed by atoms with Gasteiger partial charge >= 0.3 is 5.97 Å². The smallest absolute Gasteiger partial charge is 0.306 e. The van der Waals surface area contributed by atoms with Gasteiger partial charge in [0.15, 0.2) is 5.82 Å². The number of halogens is 2. The van der Waals surface area contributed by atoms with E-state index >= 15 is 0 Å². The fourth-order valence-electron chi connectivity index (χ4n) is 6.64. The molecule has 3 aliphatic rings. The number of amides is 1. The second-order valence-corrected chi connectivity index (χ2v) is 11.3. The minimum absolute atomic E-state index is 0.00791. The number of aliphatic carboxylic acids is 1. The first-order valence-corrected chi connectivity index (χ1v) is 14.0. The maximum Gasteiger partial charge on any atom is 0.306 e. The molecule has 2 aliphatic heterocycles. The van der Waals surface area contributed by atoms with Crippen molar-refractivity contribution < 1.29 is 23.5 Å². The number of aryl methyl sites for hydroxylation is 2. The standard InChI is InChI=1S/C29H34F2N6O3/c1-17(38)35-11-9-25-24(16-35)28(33-37(25)21-7-5-18(6-8-21)29(39)40)36-10-3-4-19-12-22(20-14-32-34(2)15-20)23(27(30)31)13-26(19)36/h12-15,18,21,27H,3-11,16H2,1-2H3,(H,39,40). The minimum atomic E-state index is -2.66. The van der Waals surface area contributed by atoms with Gasteiger partial charge < -0.3 is 14.9 Å². The maximum absolute atomic E-state index is 14.4.